The van der Waals surface area contributed by atoms with Gasteiger partial charge in [-0.1, -0.05) is 6.92 Å². The number of hydrogen-bond donors (Lipinski definition) is 1. The second kappa shape index (κ2) is 2.88. The van der Waals surface area contributed by atoms with E-state index in [0.29, 0.717) is 5.92 Å². The van der Waals surface area contributed by atoms with E-state index < -0.39 is 0 Å². The number of hydrogen-bond acceptors (Lipinski definition) is 1. The lowest BCUT2D eigenvalue weighted by Crippen LogP contribution is -2.07. The molecule has 0 aliphatic rings. The second-order valence-corrected chi connectivity index (χ2v) is 2.75. The lowest BCUT2D eigenvalue weighted by atomic mass is 10.1. The highest BCUT2D eigenvalue weighted by molar-refractivity contribution is 5.15. The molecule has 0 aliphatic carbocycles. The van der Waals surface area contributed by atoms with Crippen LogP contribution in [0.15, 0.2) is 18.5 Å². The Bertz CT molecular complexity index is 203. The Morgan fingerprint density at radius 1 is 1.70 bits per heavy atom. The van der Waals surface area contributed by atoms with E-state index in [4.69, 9.17) is 5.73 Å². The SMILES string of the molecule is CC(CN)c1ccn(C)c1. The van der Waals surface area contributed by atoms with E-state index in [1.54, 1.807) is 0 Å². The Hall–Kier alpha value is -0.760. The van der Waals surface area contributed by atoms with Crippen molar-refractivity contribution < 1.29 is 0 Å². The maximum absolute atomic E-state index is 5.50. The van der Waals surface area contributed by atoms with Gasteiger partial charge in [-0.3, -0.25) is 0 Å². The smallest absolute Gasteiger partial charge is 0.0106 e. The molecule has 0 amide bonds. The molecule has 0 saturated carbocycles. The van der Waals surface area contributed by atoms with Crippen LogP contribution in [0.5, 0.6) is 0 Å². The van der Waals surface area contributed by atoms with Crippen molar-refractivity contribution in [1.82, 2.24) is 4.57 Å². The normalized spacial score (nSPS) is 13.5. The Morgan fingerprint density at radius 2 is 2.40 bits per heavy atom. The highest BCUT2D eigenvalue weighted by atomic mass is 14.9. The van der Waals surface area contributed by atoms with Crippen molar-refractivity contribution in [2.75, 3.05) is 6.54 Å². The molecule has 1 heterocycles. The average Bonchev–Trinajstić information content (AvgIpc) is 2.34. The average molecular weight is 138 g/mol. The van der Waals surface area contributed by atoms with E-state index in [9.17, 15) is 0 Å². The molecule has 0 spiro atoms. The molecule has 0 bridgehead atoms. The third-order valence-corrected chi connectivity index (χ3v) is 1.78. The lowest BCUT2D eigenvalue weighted by molar-refractivity contribution is 0.769. The quantitative estimate of drug-likeness (QED) is 0.651. The summed E-state index contributed by atoms with van der Waals surface area (Å²) in [6.45, 7) is 2.86. The van der Waals surface area contributed by atoms with Crippen LogP contribution < -0.4 is 5.73 Å². The van der Waals surface area contributed by atoms with Gasteiger partial charge in [-0.15, -0.1) is 0 Å². The van der Waals surface area contributed by atoms with Gasteiger partial charge < -0.3 is 10.3 Å². The zero-order valence-corrected chi connectivity index (χ0v) is 6.54. The largest absolute Gasteiger partial charge is 0.357 e. The van der Waals surface area contributed by atoms with Crippen LogP contribution in [0.3, 0.4) is 0 Å². The Morgan fingerprint density at radius 3 is 2.80 bits per heavy atom. The zero-order chi connectivity index (χ0) is 7.56. The molecule has 1 aromatic heterocycles. The molecule has 0 fully saturated rings. The first kappa shape index (κ1) is 7.35. The van der Waals surface area contributed by atoms with Gasteiger partial charge in [0, 0.05) is 19.4 Å². The fraction of sp³-hybridized carbons (Fsp3) is 0.500. The van der Waals surface area contributed by atoms with Crippen molar-refractivity contribution in [3.63, 3.8) is 0 Å². The minimum Gasteiger partial charge on any atom is -0.357 e. The van der Waals surface area contributed by atoms with E-state index in [2.05, 4.69) is 19.2 Å². The van der Waals surface area contributed by atoms with Gasteiger partial charge in [0.1, 0.15) is 0 Å². The summed E-state index contributed by atoms with van der Waals surface area (Å²) >= 11 is 0. The zero-order valence-electron chi connectivity index (χ0n) is 6.54. The van der Waals surface area contributed by atoms with Crippen molar-refractivity contribution in [2.24, 2.45) is 12.8 Å². The van der Waals surface area contributed by atoms with Gasteiger partial charge in [0.05, 0.1) is 0 Å². The minimum atomic E-state index is 0.487. The molecule has 2 heteroatoms. The van der Waals surface area contributed by atoms with Crippen molar-refractivity contribution in [2.45, 2.75) is 12.8 Å². The van der Waals surface area contributed by atoms with Crippen LogP contribution in [-0.2, 0) is 7.05 Å². The van der Waals surface area contributed by atoms with E-state index in [1.807, 2.05) is 17.8 Å². The first-order chi connectivity index (χ1) is 4.74. The molecule has 1 atom stereocenters. The maximum Gasteiger partial charge on any atom is 0.0106 e. The molecule has 2 nitrogen and oxygen atoms in total. The number of aromatic nitrogens is 1. The van der Waals surface area contributed by atoms with Gasteiger partial charge in [-0.05, 0) is 24.1 Å². The highest BCUT2D eigenvalue weighted by Gasteiger charge is 2.02. The summed E-state index contributed by atoms with van der Waals surface area (Å²) in [5, 5.41) is 0. The van der Waals surface area contributed by atoms with Gasteiger partial charge in [0.25, 0.3) is 0 Å². The third-order valence-electron chi connectivity index (χ3n) is 1.78. The van der Waals surface area contributed by atoms with Crippen LogP contribution in [-0.4, -0.2) is 11.1 Å². The number of nitrogens with two attached hydrogens (primary N) is 1. The third kappa shape index (κ3) is 1.39. The van der Waals surface area contributed by atoms with E-state index in [-0.39, 0.29) is 0 Å². The van der Waals surface area contributed by atoms with Crippen LogP contribution in [0.4, 0.5) is 0 Å². The summed E-state index contributed by atoms with van der Waals surface area (Å²) < 4.78 is 2.04. The Labute approximate surface area is 61.7 Å². The molecule has 0 aliphatic heterocycles. The summed E-state index contributed by atoms with van der Waals surface area (Å²) in [6, 6.07) is 2.11. The molecule has 1 unspecified atom stereocenters. The predicted octanol–water partition coefficient (Wildman–Crippen LogP) is 1.09. The summed E-state index contributed by atoms with van der Waals surface area (Å²) in [4.78, 5) is 0. The van der Waals surface area contributed by atoms with Crippen LogP contribution in [0.1, 0.15) is 18.4 Å². The standard InChI is InChI=1S/C8H14N2/c1-7(5-9)8-3-4-10(2)6-8/h3-4,6-7H,5,9H2,1-2H3. The summed E-state index contributed by atoms with van der Waals surface area (Å²) in [6.07, 6.45) is 4.15. The molecule has 0 radical (unpaired) electrons. The number of nitrogens with zero attached hydrogens (tertiary/aromatic N) is 1. The summed E-state index contributed by atoms with van der Waals surface area (Å²) in [5.74, 6) is 0.487. The fourth-order valence-electron chi connectivity index (χ4n) is 0.952. The van der Waals surface area contributed by atoms with Gasteiger partial charge in [-0.25, -0.2) is 0 Å². The van der Waals surface area contributed by atoms with Gasteiger partial charge in [-0.2, -0.15) is 0 Å². The van der Waals surface area contributed by atoms with Crippen LogP contribution >= 0.6 is 0 Å². The minimum absolute atomic E-state index is 0.487. The maximum atomic E-state index is 5.50. The van der Waals surface area contributed by atoms with Crippen LogP contribution in [0, 0.1) is 0 Å². The predicted molar refractivity (Wildman–Crippen MR) is 42.9 cm³/mol. The molecular formula is C8H14N2. The molecule has 1 aromatic rings. The Balaban J connectivity index is 2.74. The fourth-order valence-corrected chi connectivity index (χ4v) is 0.952. The first-order valence-corrected chi connectivity index (χ1v) is 3.56. The molecular weight excluding hydrogens is 124 g/mol. The summed E-state index contributed by atoms with van der Waals surface area (Å²) in [7, 11) is 2.02. The van der Waals surface area contributed by atoms with Gasteiger partial charge in [0.2, 0.25) is 0 Å². The van der Waals surface area contributed by atoms with E-state index in [0.717, 1.165) is 6.54 Å². The van der Waals surface area contributed by atoms with E-state index >= 15 is 0 Å². The second-order valence-electron chi connectivity index (χ2n) is 2.75. The van der Waals surface area contributed by atoms with Gasteiger partial charge >= 0.3 is 0 Å². The molecule has 10 heavy (non-hydrogen) atoms. The monoisotopic (exact) mass is 138 g/mol. The number of aryl methyl sites for hydroxylation is 1. The summed E-state index contributed by atoms with van der Waals surface area (Å²) in [5.41, 5.74) is 6.83. The topological polar surface area (TPSA) is 30.9 Å². The van der Waals surface area contributed by atoms with Crippen molar-refractivity contribution >= 4 is 0 Å². The molecule has 2 N–H and O–H groups in total. The molecule has 0 saturated heterocycles. The molecule has 0 aromatic carbocycles. The van der Waals surface area contributed by atoms with Crippen molar-refractivity contribution in [3.05, 3.63) is 24.0 Å². The first-order valence-electron chi connectivity index (χ1n) is 3.56. The highest BCUT2D eigenvalue weighted by Crippen LogP contribution is 2.12. The van der Waals surface area contributed by atoms with Crippen LogP contribution in [0.25, 0.3) is 0 Å². The lowest BCUT2D eigenvalue weighted by Gasteiger charge is -2.03. The molecule has 1 rings (SSSR count). The van der Waals surface area contributed by atoms with E-state index in [1.165, 1.54) is 5.56 Å². The van der Waals surface area contributed by atoms with Crippen LogP contribution in [0.2, 0.25) is 0 Å². The number of rotatable bonds is 2. The van der Waals surface area contributed by atoms with Gasteiger partial charge in [0.15, 0.2) is 0 Å². The molecule has 56 valence electrons. The van der Waals surface area contributed by atoms with Crippen molar-refractivity contribution in [1.29, 1.82) is 0 Å². The van der Waals surface area contributed by atoms with Crippen molar-refractivity contribution in [3.8, 4) is 0 Å². The Kier molecular flexibility index (Phi) is 2.12.